The Balaban J connectivity index is 2.23. The van der Waals surface area contributed by atoms with E-state index in [1.54, 1.807) is 39.0 Å². The fraction of sp³-hybridized carbons (Fsp3) is 0.480. The first-order chi connectivity index (χ1) is 15.6. The van der Waals surface area contributed by atoms with Crippen molar-refractivity contribution in [2.45, 2.75) is 46.1 Å². The molecule has 0 aromatic heterocycles. The minimum atomic E-state index is -0.945. The first-order valence-electron chi connectivity index (χ1n) is 10.9. The van der Waals surface area contributed by atoms with Gasteiger partial charge in [-0.05, 0) is 50.8 Å². The number of hydrogen-bond donors (Lipinski definition) is 1. The summed E-state index contributed by atoms with van der Waals surface area (Å²) in [4.78, 5) is 39.4. The molecule has 8 nitrogen and oxygen atoms in total. The lowest BCUT2D eigenvalue weighted by atomic mass is 9.69. The van der Waals surface area contributed by atoms with Crippen molar-refractivity contribution in [1.82, 2.24) is 5.32 Å². The van der Waals surface area contributed by atoms with Crippen molar-refractivity contribution in [3.63, 3.8) is 0 Å². The van der Waals surface area contributed by atoms with Crippen LogP contribution in [0.2, 0.25) is 0 Å². The van der Waals surface area contributed by atoms with Crippen LogP contribution < -0.4 is 14.8 Å². The molecule has 1 heterocycles. The van der Waals surface area contributed by atoms with E-state index < -0.39 is 23.8 Å². The number of nitrogens with one attached hydrogen (secondary N) is 1. The van der Waals surface area contributed by atoms with Crippen LogP contribution in [0.5, 0.6) is 11.5 Å². The molecule has 0 amide bonds. The summed E-state index contributed by atoms with van der Waals surface area (Å²) in [7, 11) is 4.32. The van der Waals surface area contributed by atoms with Gasteiger partial charge in [0.05, 0.1) is 33.0 Å². The number of ketones is 1. The molecule has 0 unspecified atom stereocenters. The Morgan fingerprint density at radius 3 is 2.33 bits per heavy atom. The molecule has 0 saturated carbocycles. The van der Waals surface area contributed by atoms with Crippen molar-refractivity contribution in [3.8, 4) is 11.5 Å². The molecular weight excluding hydrogens is 426 g/mol. The standard InChI is InChI=1S/C25H31NO7/c1-12(2)33-25(29)20-14(4)26-16-10-13(3)19(24(28)32-7)23(27)22(16)21(20)15-8-9-17(30-5)18(11-15)31-6/h8-9,11-13,19,21,26H,10H2,1-7H3/t13-,19+,21+/m1/s1. The van der Waals surface area contributed by atoms with Crippen molar-refractivity contribution in [2.24, 2.45) is 11.8 Å². The molecule has 3 rings (SSSR count). The van der Waals surface area contributed by atoms with Gasteiger partial charge in [-0.15, -0.1) is 0 Å². The van der Waals surface area contributed by atoms with Gasteiger partial charge >= 0.3 is 11.9 Å². The van der Waals surface area contributed by atoms with Gasteiger partial charge in [0.2, 0.25) is 0 Å². The summed E-state index contributed by atoms with van der Waals surface area (Å²) in [5.41, 5.74) is 2.66. The SMILES string of the molecule is COC(=O)[C@@H]1C(=O)C2=C(C[C@H]1C)NC(C)=C(C(=O)OC(C)C)[C@@H]2c1ccc(OC)c(OC)c1. The van der Waals surface area contributed by atoms with Crippen molar-refractivity contribution in [3.05, 3.63) is 46.3 Å². The zero-order valence-electron chi connectivity index (χ0n) is 20.1. The average Bonchev–Trinajstić information content (AvgIpc) is 2.76. The van der Waals surface area contributed by atoms with Crippen LogP contribution in [0.1, 0.15) is 45.6 Å². The molecule has 178 valence electrons. The molecule has 0 spiro atoms. The molecule has 8 heteroatoms. The maximum Gasteiger partial charge on any atom is 0.337 e. The molecule has 1 aromatic carbocycles. The van der Waals surface area contributed by atoms with E-state index in [0.717, 1.165) is 0 Å². The molecule has 1 N–H and O–H groups in total. The second-order valence-electron chi connectivity index (χ2n) is 8.60. The number of Topliss-reactive ketones (excluding diaryl/α,β-unsaturated/α-hetero) is 1. The second-order valence-corrected chi connectivity index (χ2v) is 8.60. The quantitative estimate of drug-likeness (QED) is 0.513. The molecule has 1 aliphatic carbocycles. The van der Waals surface area contributed by atoms with Crippen LogP contribution in [0.25, 0.3) is 0 Å². The highest BCUT2D eigenvalue weighted by Gasteiger charge is 2.47. The monoisotopic (exact) mass is 457 g/mol. The van der Waals surface area contributed by atoms with Gasteiger partial charge in [0, 0.05) is 22.9 Å². The van der Waals surface area contributed by atoms with Gasteiger partial charge < -0.3 is 24.3 Å². The summed E-state index contributed by atoms with van der Waals surface area (Å²) in [5, 5.41) is 3.24. The van der Waals surface area contributed by atoms with E-state index in [0.29, 0.717) is 46.0 Å². The van der Waals surface area contributed by atoms with Gasteiger partial charge in [-0.2, -0.15) is 0 Å². The smallest absolute Gasteiger partial charge is 0.337 e. The zero-order chi connectivity index (χ0) is 24.4. The number of allylic oxidation sites excluding steroid dienone is 3. The summed E-state index contributed by atoms with van der Waals surface area (Å²) < 4.78 is 21.3. The van der Waals surface area contributed by atoms with Crippen LogP contribution in [0.15, 0.2) is 40.7 Å². The van der Waals surface area contributed by atoms with E-state index in [1.165, 1.54) is 21.3 Å². The molecular formula is C25H31NO7. The number of carbonyl (C=O) groups is 3. The fourth-order valence-electron chi connectivity index (χ4n) is 4.59. The van der Waals surface area contributed by atoms with E-state index in [4.69, 9.17) is 18.9 Å². The summed E-state index contributed by atoms with van der Waals surface area (Å²) >= 11 is 0. The molecule has 1 aromatic rings. The van der Waals surface area contributed by atoms with E-state index >= 15 is 0 Å². The maximum atomic E-state index is 13.7. The van der Waals surface area contributed by atoms with Crippen molar-refractivity contribution in [2.75, 3.05) is 21.3 Å². The number of benzene rings is 1. The Morgan fingerprint density at radius 2 is 1.76 bits per heavy atom. The lowest BCUT2D eigenvalue weighted by molar-refractivity contribution is -0.151. The normalized spacial score (nSPS) is 22.5. The summed E-state index contributed by atoms with van der Waals surface area (Å²) in [6, 6.07) is 5.26. The maximum absolute atomic E-state index is 13.7. The number of methoxy groups -OCH3 is 3. The lowest BCUT2D eigenvalue weighted by Gasteiger charge is -2.38. The van der Waals surface area contributed by atoms with Crippen molar-refractivity contribution in [1.29, 1.82) is 0 Å². The first kappa shape index (κ1) is 24.4. The highest BCUT2D eigenvalue weighted by Crippen LogP contribution is 2.46. The van der Waals surface area contributed by atoms with Gasteiger partial charge in [-0.3, -0.25) is 9.59 Å². The molecule has 0 saturated heterocycles. The molecule has 0 bridgehead atoms. The van der Waals surface area contributed by atoms with Crippen LogP contribution in [0, 0.1) is 11.8 Å². The van der Waals surface area contributed by atoms with Gasteiger partial charge in [-0.25, -0.2) is 4.79 Å². The molecule has 3 atom stereocenters. The van der Waals surface area contributed by atoms with E-state index in [9.17, 15) is 14.4 Å². The molecule has 33 heavy (non-hydrogen) atoms. The highest BCUT2D eigenvalue weighted by molar-refractivity contribution is 6.12. The number of carbonyl (C=O) groups excluding carboxylic acids is 3. The van der Waals surface area contributed by atoms with Gasteiger partial charge in [0.15, 0.2) is 17.3 Å². The molecule has 0 radical (unpaired) electrons. The Bertz CT molecular complexity index is 1040. The second kappa shape index (κ2) is 9.68. The van der Waals surface area contributed by atoms with Gasteiger partial charge in [0.25, 0.3) is 0 Å². The minimum Gasteiger partial charge on any atom is -0.493 e. The third-order valence-corrected chi connectivity index (χ3v) is 6.05. The third-order valence-electron chi connectivity index (χ3n) is 6.05. The van der Waals surface area contributed by atoms with E-state index in [1.807, 2.05) is 6.92 Å². The van der Waals surface area contributed by atoms with Gasteiger partial charge in [0.1, 0.15) is 5.92 Å². The number of esters is 2. The van der Waals surface area contributed by atoms with Crippen LogP contribution in [-0.4, -0.2) is 45.2 Å². The summed E-state index contributed by atoms with van der Waals surface area (Å²) in [6.07, 6.45) is 0.123. The van der Waals surface area contributed by atoms with Crippen LogP contribution in [0.3, 0.4) is 0 Å². The molecule has 0 fully saturated rings. The zero-order valence-corrected chi connectivity index (χ0v) is 20.1. The third kappa shape index (κ3) is 4.47. The summed E-state index contributed by atoms with van der Waals surface area (Å²) in [5.74, 6) is -2.41. The van der Waals surface area contributed by atoms with Crippen LogP contribution in [0.4, 0.5) is 0 Å². The Kier molecular flexibility index (Phi) is 7.15. The average molecular weight is 458 g/mol. The summed E-state index contributed by atoms with van der Waals surface area (Å²) in [6.45, 7) is 7.16. The number of rotatable bonds is 6. The topological polar surface area (TPSA) is 100 Å². The number of hydrogen-bond acceptors (Lipinski definition) is 8. The predicted octanol–water partition coefficient (Wildman–Crippen LogP) is 3.27. The highest BCUT2D eigenvalue weighted by atomic mass is 16.5. The fourth-order valence-corrected chi connectivity index (χ4v) is 4.59. The van der Waals surface area contributed by atoms with E-state index in [2.05, 4.69) is 5.32 Å². The van der Waals surface area contributed by atoms with Crippen molar-refractivity contribution >= 4 is 17.7 Å². The predicted molar refractivity (Wildman–Crippen MR) is 121 cm³/mol. The lowest BCUT2D eigenvalue weighted by Crippen LogP contribution is -2.43. The Morgan fingerprint density at radius 1 is 1.09 bits per heavy atom. The van der Waals surface area contributed by atoms with Crippen LogP contribution >= 0.6 is 0 Å². The van der Waals surface area contributed by atoms with Crippen LogP contribution in [-0.2, 0) is 23.9 Å². The molecule has 2 aliphatic rings. The Labute approximate surface area is 193 Å². The van der Waals surface area contributed by atoms with Crippen molar-refractivity contribution < 1.29 is 33.3 Å². The number of ether oxygens (including phenoxy) is 4. The largest absolute Gasteiger partial charge is 0.493 e. The van der Waals surface area contributed by atoms with Gasteiger partial charge in [-0.1, -0.05) is 13.0 Å². The minimum absolute atomic E-state index is 0.251. The Hall–Kier alpha value is -3.29. The van der Waals surface area contributed by atoms with E-state index in [-0.39, 0.29) is 17.8 Å². The number of dihydropyridines is 1. The molecule has 1 aliphatic heterocycles. The first-order valence-corrected chi connectivity index (χ1v) is 10.9.